The van der Waals surface area contributed by atoms with Crippen molar-refractivity contribution >= 4 is 33.1 Å². The Morgan fingerprint density at radius 3 is 2.84 bits per heavy atom. The quantitative estimate of drug-likeness (QED) is 0.844. The van der Waals surface area contributed by atoms with Crippen LogP contribution in [0.15, 0.2) is 22.7 Å². The zero-order valence-electron chi connectivity index (χ0n) is 10.5. The highest BCUT2D eigenvalue weighted by Crippen LogP contribution is 2.15. The Bertz CT molecular complexity index is 452. The minimum Gasteiger partial charge on any atom is -0.379 e. The fraction of sp³-hybridized carbons (Fsp3) is 0.462. The standard InChI is InChI=1S/C13H16BrFN2OS/c14-10-1-2-11(12(15)9-10)13(19)16-3-4-17-5-7-18-8-6-17/h1-2,9H,3-8H2,(H,16,19). The number of halogens is 2. The molecule has 0 spiro atoms. The van der Waals surface area contributed by atoms with Crippen molar-refractivity contribution in [3.05, 3.63) is 34.1 Å². The molecule has 3 nitrogen and oxygen atoms in total. The Balaban J connectivity index is 1.80. The summed E-state index contributed by atoms with van der Waals surface area (Å²) in [6, 6.07) is 4.89. The van der Waals surface area contributed by atoms with Crippen LogP contribution in [0.1, 0.15) is 5.56 Å². The van der Waals surface area contributed by atoms with E-state index in [-0.39, 0.29) is 5.82 Å². The van der Waals surface area contributed by atoms with Gasteiger partial charge < -0.3 is 10.1 Å². The third kappa shape index (κ3) is 4.49. The van der Waals surface area contributed by atoms with Crippen molar-refractivity contribution in [2.75, 3.05) is 39.4 Å². The lowest BCUT2D eigenvalue weighted by Crippen LogP contribution is -2.41. The summed E-state index contributed by atoms with van der Waals surface area (Å²) in [5.41, 5.74) is 0.445. The van der Waals surface area contributed by atoms with Crippen LogP contribution in [0.5, 0.6) is 0 Å². The molecule has 1 saturated heterocycles. The molecule has 19 heavy (non-hydrogen) atoms. The molecule has 1 aliphatic heterocycles. The summed E-state index contributed by atoms with van der Waals surface area (Å²) in [6.45, 7) is 5.07. The second-order valence-corrected chi connectivity index (χ2v) is 5.66. The molecular weight excluding hydrogens is 331 g/mol. The molecule has 1 N–H and O–H groups in total. The molecule has 0 aliphatic carbocycles. The van der Waals surface area contributed by atoms with Crippen molar-refractivity contribution in [3.8, 4) is 0 Å². The lowest BCUT2D eigenvalue weighted by Gasteiger charge is -2.26. The van der Waals surface area contributed by atoms with E-state index >= 15 is 0 Å². The van der Waals surface area contributed by atoms with E-state index in [0.717, 1.165) is 32.8 Å². The first kappa shape index (κ1) is 14.8. The SMILES string of the molecule is Fc1cc(Br)ccc1C(=S)NCCN1CCOCC1. The van der Waals surface area contributed by atoms with Gasteiger partial charge in [-0.2, -0.15) is 0 Å². The van der Waals surface area contributed by atoms with E-state index in [9.17, 15) is 4.39 Å². The zero-order chi connectivity index (χ0) is 13.7. The molecule has 0 unspecified atom stereocenters. The highest BCUT2D eigenvalue weighted by Gasteiger charge is 2.11. The van der Waals surface area contributed by atoms with E-state index < -0.39 is 0 Å². The maximum Gasteiger partial charge on any atom is 0.134 e. The summed E-state index contributed by atoms with van der Waals surface area (Å²) in [5.74, 6) is -0.307. The van der Waals surface area contributed by atoms with Crippen molar-refractivity contribution in [2.24, 2.45) is 0 Å². The third-order valence-corrected chi connectivity index (χ3v) is 3.85. The van der Waals surface area contributed by atoms with E-state index in [1.54, 1.807) is 12.1 Å². The number of rotatable bonds is 4. The topological polar surface area (TPSA) is 24.5 Å². The van der Waals surface area contributed by atoms with Crippen LogP contribution in [-0.4, -0.2) is 49.3 Å². The molecule has 0 aromatic heterocycles. The molecule has 6 heteroatoms. The second kappa shape index (κ2) is 7.28. The third-order valence-electron chi connectivity index (χ3n) is 2.99. The molecule has 1 fully saturated rings. The number of thiocarbonyl (C=S) groups is 1. The van der Waals surface area contributed by atoms with Gasteiger partial charge in [0.05, 0.1) is 13.2 Å². The molecule has 0 atom stereocenters. The Hall–Kier alpha value is -0.560. The number of hydrogen-bond donors (Lipinski definition) is 1. The summed E-state index contributed by atoms with van der Waals surface area (Å²) in [7, 11) is 0. The van der Waals surface area contributed by atoms with Gasteiger partial charge in [0, 0.05) is 36.2 Å². The summed E-state index contributed by atoms with van der Waals surface area (Å²) < 4.78 is 19.7. The zero-order valence-corrected chi connectivity index (χ0v) is 12.9. The van der Waals surface area contributed by atoms with Crippen molar-refractivity contribution in [2.45, 2.75) is 0 Å². The summed E-state index contributed by atoms with van der Waals surface area (Å²) in [4.78, 5) is 2.76. The molecular formula is C13H16BrFN2OS. The van der Waals surface area contributed by atoms with Crippen molar-refractivity contribution < 1.29 is 9.13 Å². The van der Waals surface area contributed by atoms with Gasteiger partial charge in [0.2, 0.25) is 0 Å². The number of benzene rings is 1. The van der Waals surface area contributed by atoms with Crippen LogP contribution in [0, 0.1) is 5.82 Å². The van der Waals surface area contributed by atoms with Gasteiger partial charge in [0.1, 0.15) is 10.8 Å². The van der Waals surface area contributed by atoms with Gasteiger partial charge in [-0.15, -0.1) is 0 Å². The number of nitrogens with zero attached hydrogens (tertiary/aromatic N) is 1. The molecule has 1 aromatic carbocycles. The molecule has 104 valence electrons. The van der Waals surface area contributed by atoms with Crippen molar-refractivity contribution in [3.63, 3.8) is 0 Å². The van der Waals surface area contributed by atoms with E-state index in [2.05, 4.69) is 26.1 Å². The number of ether oxygens (including phenoxy) is 1. The van der Waals surface area contributed by atoms with Gasteiger partial charge in [-0.05, 0) is 18.2 Å². The Morgan fingerprint density at radius 2 is 2.16 bits per heavy atom. The first-order valence-electron chi connectivity index (χ1n) is 6.20. The fourth-order valence-corrected chi connectivity index (χ4v) is 2.52. The van der Waals surface area contributed by atoms with Gasteiger partial charge in [-0.1, -0.05) is 28.1 Å². The highest BCUT2D eigenvalue weighted by atomic mass is 79.9. The van der Waals surface area contributed by atoms with Crippen molar-refractivity contribution in [1.29, 1.82) is 0 Å². The van der Waals surface area contributed by atoms with E-state index in [1.165, 1.54) is 6.07 Å². The molecule has 2 rings (SSSR count). The van der Waals surface area contributed by atoms with Crippen LogP contribution in [0.2, 0.25) is 0 Å². The molecule has 1 aliphatic rings. The molecule has 0 amide bonds. The minimum atomic E-state index is -0.307. The Kier molecular flexibility index (Phi) is 5.69. The summed E-state index contributed by atoms with van der Waals surface area (Å²) >= 11 is 8.44. The summed E-state index contributed by atoms with van der Waals surface area (Å²) in [5, 5.41) is 3.10. The number of nitrogens with one attached hydrogen (secondary N) is 1. The molecule has 0 radical (unpaired) electrons. The average Bonchev–Trinajstić information content (AvgIpc) is 2.39. The van der Waals surface area contributed by atoms with Crippen LogP contribution in [-0.2, 0) is 4.74 Å². The smallest absolute Gasteiger partial charge is 0.134 e. The largest absolute Gasteiger partial charge is 0.379 e. The molecule has 0 saturated carbocycles. The lowest BCUT2D eigenvalue weighted by molar-refractivity contribution is 0.0389. The van der Waals surface area contributed by atoms with Crippen LogP contribution in [0.3, 0.4) is 0 Å². The monoisotopic (exact) mass is 346 g/mol. The van der Waals surface area contributed by atoms with Gasteiger partial charge >= 0.3 is 0 Å². The highest BCUT2D eigenvalue weighted by molar-refractivity contribution is 9.10. The van der Waals surface area contributed by atoms with Crippen molar-refractivity contribution in [1.82, 2.24) is 10.2 Å². The predicted octanol–water partition coefficient (Wildman–Crippen LogP) is 2.19. The van der Waals surface area contributed by atoms with Gasteiger partial charge in [-0.3, -0.25) is 4.90 Å². The molecule has 1 aromatic rings. The van der Waals surface area contributed by atoms with Crippen LogP contribution >= 0.6 is 28.1 Å². The lowest BCUT2D eigenvalue weighted by atomic mass is 10.2. The molecule has 0 bridgehead atoms. The van der Waals surface area contributed by atoms with E-state index in [4.69, 9.17) is 17.0 Å². The van der Waals surface area contributed by atoms with Crippen LogP contribution < -0.4 is 5.32 Å². The molecule has 1 heterocycles. The van der Waals surface area contributed by atoms with E-state index in [1.807, 2.05) is 0 Å². The maximum absolute atomic E-state index is 13.7. The van der Waals surface area contributed by atoms with E-state index in [0.29, 0.717) is 21.6 Å². The average molecular weight is 347 g/mol. The Morgan fingerprint density at radius 1 is 1.42 bits per heavy atom. The normalized spacial score (nSPS) is 16.3. The number of morpholine rings is 1. The first-order chi connectivity index (χ1) is 9.16. The summed E-state index contributed by atoms with van der Waals surface area (Å²) in [6.07, 6.45) is 0. The first-order valence-corrected chi connectivity index (χ1v) is 7.40. The van der Waals surface area contributed by atoms with Gasteiger partial charge in [0.15, 0.2) is 0 Å². The predicted molar refractivity (Wildman–Crippen MR) is 81.1 cm³/mol. The van der Waals surface area contributed by atoms with Crippen LogP contribution in [0.4, 0.5) is 4.39 Å². The maximum atomic E-state index is 13.7. The Labute approximate surface area is 126 Å². The fourth-order valence-electron chi connectivity index (χ4n) is 1.92. The second-order valence-electron chi connectivity index (χ2n) is 4.33. The van der Waals surface area contributed by atoms with Gasteiger partial charge in [-0.25, -0.2) is 4.39 Å². The minimum absolute atomic E-state index is 0.307. The number of hydrogen-bond acceptors (Lipinski definition) is 3. The van der Waals surface area contributed by atoms with Gasteiger partial charge in [0.25, 0.3) is 0 Å². The van der Waals surface area contributed by atoms with Crippen LogP contribution in [0.25, 0.3) is 0 Å².